The minimum Gasteiger partial charge on any atom is -0.490 e. The van der Waals surface area contributed by atoms with Crippen LogP contribution in [0.2, 0.25) is 0 Å². The Hall–Kier alpha value is -2.37. The van der Waals surface area contributed by atoms with Crippen molar-refractivity contribution in [2.24, 2.45) is 0 Å². The molecule has 2 fully saturated rings. The lowest BCUT2D eigenvalue weighted by Crippen LogP contribution is -2.39. The lowest BCUT2D eigenvalue weighted by molar-refractivity contribution is 0.0677. The normalized spacial score (nSPS) is 20.4. The van der Waals surface area contributed by atoms with Crippen molar-refractivity contribution in [2.45, 2.75) is 44.2 Å². The minimum absolute atomic E-state index is 0.00447. The summed E-state index contributed by atoms with van der Waals surface area (Å²) in [6.07, 6.45) is 5.23. The van der Waals surface area contributed by atoms with Gasteiger partial charge in [-0.2, -0.15) is 0 Å². The van der Waals surface area contributed by atoms with E-state index in [1.807, 2.05) is 24.3 Å². The van der Waals surface area contributed by atoms with Gasteiger partial charge in [0.25, 0.3) is 5.91 Å². The Kier molecular flexibility index (Phi) is 7.03. The first-order valence-corrected chi connectivity index (χ1v) is 11.2. The van der Waals surface area contributed by atoms with Gasteiger partial charge in [0.1, 0.15) is 11.9 Å². The van der Waals surface area contributed by atoms with Gasteiger partial charge in [-0.05, 0) is 61.9 Å². The number of piperidine rings is 1. The first-order chi connectivity index (χ1) is 14.7. The number of amides is 1. The van der Waals surface area contributed by atoms with Gasteiger partial charge >= 0.3 is 0 Å². The van der Waals surface area contributed by atoms with Gasteiger partial charge < -0.3 is 19.6 Å². The highest BCUT2D eigenvalue weighted by Gasteiger charge is 2.28. The number of carbonyl (C=O) groups excluding carboxylic acids is 1. The smallest absolute Gasteiger partial charge is 0.254 e. The van der Waals surface area contributed by atoms with E-state index in [2.05, 4.69) is 35.2 Å². The molecule has 0 radical (unpaired) electrons. The molecule has 0 spiro atoms. The molecule has 0 aliphatic carbocycles. The Morgan fingerprint density at radius 2 is 1.70 bits per heavy atom. The number of hydrogen-bond acceptors (Lipinski definition) is 4. The second-order valence-corrected chi connectivity index (χ2v) is 8.40. The Labute approximate surface area is 179 Å². The molecular weight excluding hydrogens is 376 g/mol. The van der Waals surface area contributed by atoms with Crippen LogP contribution in [0.15, 0.2) is 54.6 Å². The summed E-state index contributed by atoms with van der Waals surface area (Å²) < 4.78 is 6.18. The quantitative estimate of drug-likeness (QED) is 0.763. The third-order valence-corrected chi connectivity index (χ3v) is 6.35. The standard InChI is InChI=1S/C25H32N2O3/c28-19-22-7-4-15-27(22)25(29)21-8-10-23(11-9-21)30-24-13-17-26(18-14-24)16-12-20-5-2-1-3-6-20/h1-3,5-6,8-11,22,24,28H,4,7,12-19H2/t22-/m0/s1. The number of hydrogen-bond donors (Lipinski definition) is 1. The van der Waals surface area contributed by atoms with E-state index in [1.165, 1.54) is 5.56 Å². The zero-order valence-electron chi connectivity index (χ0n) is 17.6. The number of benzene rings is 2. The third kappa shape index (κ3) is 5.21. The Morgan fingerprint density at radius 1 is 0.967 bits per heavy atom. The molecule has 5 heteroatoms. The average molecular weight is 409 g/mol. The highest BCUT2D eigenvalue weighted by atomic mass is 16.5. The first-order valence-electron chi connectivity index (χ1n) is 11.2. The van der Waals surface area contributed by atoms with Crippen molar-refractivity contribution in [3.05, 3.63) is 65.7 Å². The Bertz CT molecular complexity index is 801. The molecule has 0 aromatic heterocycles. The summed E-state index contributed by atoms with van der Waals surface area (Å²) >= 11 is 0. The fraction of sp³-hybridized carbons (Fsp3) is 0.480. The number of nitrogens with zero attached hydrogens (tertiary/aromatic N) is 2. The van der Waals surface area contributed by atoms with Crippen molar-refractivity contribution in [3.63, 3.8) is 0 Å². The molecule has 160 valence electrons. The van der Waals surface area contributed by atoms with Gasteiger partial charge in [-0.1, -0.05) is 30.3 Å². The van der Waals surface area contributed by atoms with E-state index in [9.17, 15) is 9.90 Å². The van der Waals surface area contributed by atoms with E-state index in [-0.39, 0.29) is 24.7 Å². The molecule has 2 aliphatic heterocycles. The van der Waals surface area contributed by atoms with Crippen molar-refractivity contribution in [1.29, 1.82) is 0 Å². The molecule has 1 N–H and O–H groups in total. The topological polar surface area (TPSA) is 53.0 Å². The van der Waals surface area contributed by atoms with Gasteiger partial charge in [-0.3, -0.25) is 4.79 Å². The summed E-state index contributed by atoms with van der Waals surface area (Å²) in [6.45, 7) is 3.98. The molecule has 2 aromatic rings. The maximum absolute atomic E-state index is 12.7. The molecule has 2 saturated heterocycles. The molecule has 1 amide bonds. The maximum atomic E-state index is 12.7. The molecule has 0 saturated carbocycles. The van der Waals surface area contributed by atoms with E-state index in [1.54, 1.807) is 4.90 Å². The van der Waals surface area contributed by atoms with Crippen molar-refractivity contribution in [1.82, 2.24) is 9.80 Å². The lowest BCUT2D eigenvalue weighted by atomic mass is 10.1. The fourth-order valence-electron chi connectivity index (χ4n) is 4.51. The molecule has 2 aromatic carbocycles. The van der Waals surface area contributed by atoms with Crippen LogP contribution in [0.3, 0.4) is 0 Å². The van der Waals surface area contributed by atoms with Gasteiger partial charge in [0, 0.05) is 31.7 Å². The van der Waals surface area contributed by atoms with E-state index in [0.717, 1.165) is 64.0 Å². The fourth-order valence-corrected chi connectivity index (χ4v) is 4.51. The summed E-state index contributed by atoms with van der Waals surface area (Å²) in [6, 6.07) is 18.1. The van der Waals surface area contributed by atoms with Crippen LogP contribution in [0.5, 0.6) is 5.75 Å². The minimum atomic E-state index is -0.0412. The largest absolute Gasteiger partial charge is 0.490 e. The number of ether oxygens (including phenoxy) is 1. The first kappa shape index (κ1) is 20.9. The van der Waals surface area contributed by atoms with Crippen molar-refractivity contribution >= 4 is 5.91 Å². The molecule has 2 heterocycles. The average Bonchev–Trinajstić information content (AvgIpc) is 3.28. The van der Waals surface area contributed by atoms with E-state index >= 15 is 0 Å². The third-order valence-electron chi connectivity index (χ3n) is 6.35. The predicted molar refractivity (Wildman–Crippen MR) is 118 cm³/mol. The zero-order valence-corrected chi connectivity index (χ0v) is 17.6. The lowest BCUT2D eigenvalue weighted by Gasteiger charge is -2.32. The van der Waals surface area contributed by atoms with Crippen LogP contribution < -0.4 is 4.74 Å². The molecule has 1 atom stereocenters. The second-order valence-electron chi connectivity index (χ2n) is 8.40. The summed E-state index contributed by atoms with van der Waals surface area (Å²) in [4.78, 5) is 17.0. The summed E-state index contributed by atoms with van der Waals surface area (Å²) in [5.41, 5.74) is 2.06. The summed E-state index contributed by atoms with van der Waals surface area (Å²) in [5, 5.41) is 9.45. The molecule has 0 unspecified atom stereocenters. The van der Waals surface area contributed by atoms with Crippen LogP contribution in [-0.4, -0.2) is 65.7 Å². The van der Waals surface area contributed by atoms with Crippen LogP contribution in [0.25, 0.3) is 0 Å². The van der Waals surface area contributed by atoms with E-state index < -0.39 is 0 Å². The van der Waals surface area contributed by atoms with Crippen LogP contribution in [0, 0.1) is 0 Å². The van der Waals surface area contributed by atoms with Gasteiger partial charge in [-0.25, -0.2) is 0 Å². The van der Waals surface area contributed by atoms with E-state index in [4.69, 9.17) is 4.74 Å². The van der Waals surface area contributed by atoms with Crippen LogP contribution >= 0.6 is 0 Å². The van der Waals surface area contributed by atoms with Gasteiger partial charge in [0.15, 0.2) is 0 Å². The van der Waals surface area contributed by atoms with Gasteiger partial charge in [0.2, 0.25) is 0 Å². The number of carbonyl (C=O) groups is 1. The van der Waals surface area contributed by atoms with Crippen LogP contribution in [-0.2, 0) is 6.42 Å². The van der Waals surface area contributed by atoms with Crippen LogP contribution in [0.1, 0.15) is 41.6 Å². The molecule has 30 heavy (non-hydrogen) atoms. The predicted octanol–water partition coefficient (Wildman–Crippen LogP) is 3.37. The zero-order chi connectivity index (χ0) is 20.8. The molecule has 5 nitrogen and oxygen atoms in total. The molecule has 4 rings (SSSR count). The summed E-state index contributed by atoms with van der Waals surface area (Å²) in [7, 11) is 0. The molecular formula is C25H32N2O3. The maximum Gasteiger partial charge on any atom is 0.254 e. The monoisotopic (exact) mass is 408 g/mol. The van der Waals surface area contributed by atoms with E-state index in [0.29, 0.717) is 5.56 Å². The molecule has 0 bridgehead atoms. The number of aliphatic hydroxyl groups is 1. The summed E-state index contributed by atoms with van der Waals surface area (Å²) in [5.74, 6) is 0.833. The van der Waals surface area contributed by atoms with Crippen molar-refractivity contribution < 1.29 is 14.6 Å². The Balaban J connectivity index is 1.23. The highest BCUT2D eigenvalue weighted by Crippen LogP contribution is 2.23. The van der Waals surface area contributed by atoms with Crippen LogP contribution in [0.4, 0.5) is 0 Å². The number of rotatable bonds is 7. The number of likely N-dealkylation sites (tertiary alicyclic amines) is 2. The number of aliphatic hydroxyl groups excluding tert-OH is 1. The van der Waals surface area contributed by atoms with Gasteiger partial charge in [-0.15, -0.1) is 0 Å². The second kappa shape index (κ2) is 10.1. The highest BCUT2D eigenvalue weighted by molar-refractivity contribution is 5.94. The molecule has 2 aliphatic rings. The van der Waals surface area contributed by atoms with Gasteiger partial charge in [0.05, 0.1) is 12.6 Å². The SMILES string of the molecule is O=C(c1ccc(OC2CCN(CCc3ccccc3)CC2)cc1)N1CCC[C@H]1CO. The van der Waals surface area contributed by atoms with Crippen molar-refractivity contribution in [3.8, 4) is 5.75 Å². The van der Waals surface area contributed by atoms with Crippen molar-refractivity contribution in [2.75, 3.05) is 32.8 Å². The Morgan fingerprint density at radius 3 is 2.40 bits per heavy atom.